The number of hydrogen-bond donors (Lipinski definition) is 1. The van der Waals surface area contributed by atoms with Crippen molar-refractivity contribution in [2.24, 2.45) is 17.6 Å². The number of nitrogens with two attached hydrogens (primary N) is 1. The van der Waals surface area contributed by atoms with Gasteiger partial charge in [-0.15, -0.1) is 0 Å². The van der Waals surface area contributed by atoms with Crippen LogP contribution in [0.3, 0.4) is 0 Å². The molecule has 0 aromatic carbocycles. The van der Waals surface area contributed by atoms with Gasteiger partial charge >= 0.3 is 5.97 Å². The molecule has 1 aliphatic carbocycles. The second-order valence-corrected chi connectivity index (χ2v) is 2.93. The summed E-state index contributed by atoms with van der Waals surface area (Å²) in [6.07, 6.45) is 2.04. The van der Waals surface area contributed by atoms with E-state index < -0.39 is 0 Å². The number of ether oxygens (including phenoxy) is 1. The Balaban J connectivity index is 2.30. The standard InChI is InChI=1S/C8H15NO2/c1-2-11-8(10)7-4-3-6(7)5-9/h6-7H,2-5,9H2,1H3. The molecule has 3 heteroatoms. The lowest BCUT2D eigenvalue weighted by Crippen LogP contribution is -2.38. The average molecular weight is 157 g/mol. The van der Waals surface area contributed by atoms with Crippen LogP contribution in [0.1, 0.15) is 19.8 Å². The highest BCUT2D eigenvalue weighted by atomic mass is 16.5. The van der Waals surface area contributed by atoms with Gasteiger partial charge in [-0.1, -0.05) is 0 Å². The monoisotopic (exact) mass is 157 g/mol. The summed E-state index contributed by atoms with van der Waals surface area (Å²) in [5.41, 5.74) is 5.45. The van der Waals surface area contributed by atoms with Crippen LogP contribution in [0.25, 0.3) is 0 Å². The summed E-state index contributed by atoms with van der Waals surface area (Å²) in [4.78, 5) is 11.1. The molecule has 1 rings (SSSR count). The molecule has 0 bridgehead atoms. The molecular weight excluding hydrogens is 142 g/mol. The van der Waals surface area contributed by atoms with Gasteiger partial charge in [0.2, 0.25) is 0 Å². The van der Waals surface area contributed by atoms with Gasteiger partial charge in [-0.25, -0.2) is 0 Å². The molecule has 64 valence electrons. The van der Waals surface area contributed by atoms with E-state index in [4.69, 9.17) is 10.5 Å². The molecule has 1 aliphatic rings. The number of carbonyl (C=O) groups is 1. The van der Waals surface area contributed by atoms with E-state index in [2.05, 4.69) is 0 Å². The second-order valence-electron chi connectivity index (χ2n) is 2.93. The van der Waals surface area contributed by atoms with Gasteiger partial charge in [-0.05, 0) is 32.2 Å². The molecule has 0 radical (unpaired) electrons. The molecule has 0 heterocycles. The van der Waals surface area contributed by atoms with Crippen LogP contribution < -0.4 is 5.73 Å². The van der Waals surface area contributed by atoms with E-state index in [1.54, 1.807) is 0 Å². The van der Waals surface area contributed by atoms with Gasteiger partial charge in [0.05, 0.1) is 12.5 Å². The lowest BCUT2D eigenvalue weighted by atomic mass is 9.74. The highest BCUT2D eigenvalue weighted by Crippen LogP contribution is 2.34. The first-order valence-electron chi connectivity index (χ1n) is 4.16. The number of esters is 1. The molecule has 1 fully saturated rings. The third kappa shape index (κ3) is 1.71. The van der Waals surface area contributed by atoms with Gasteiger partial charge in [0, 0.05) is 0 Å². The van der Waals surface area contributed by atoms with Gasteiger partial charge in [0.1, 0.15) is 0 Å². The van der Waals surface area contributed by atoms with Crippen molar-refractivity contribution in [2.45, 2.75) is 19.8 Å². The SMILES string of the molecule is CCOC(=O)C1CCC1CN. The van der Waals surface area contributed by atoms with Gasteiger partial charge in [-0.2, -0.15) is 0 Å². The summed E-state index contributed by atoms with van der Waals surface area (Å²) < 4.78 is 4.88. The summed E-state index contributed by atoms with van der Waals surface area (Å²) in [6, 6.07) is 0. The van der Waals surface area contributed by atoms with Crippen molar-refractivity contribution in [3.05, 3.63) is 0 Å². The quantitative estimate of drug-likeness (QED) is 0.608. The molecule has 2 N–H and O–H groups in total. The first-order chi connectivity index (χ1) is 5.29. The molecule has 0 aromatic rings. The first kappa shape index (κ1) is 8.53. The summed E-state index contributed by atoms with van der Waals surface area (Å²) in [7, 11) is 0. The van der Waals surface area contributed by atoms with Crippen LogP contribution in [-0.2, 0) is 9.53 Å². The Morgan fingerprint density at radius 2 is 2.36 bits per heavy atom. The van der Waals surface area contributed by atoms with Gasteiger partial charge in [-0.3, -0.25) is 4.79 Å². The van der Waals surface area contributed by atoms with Gasteiger partial charge < -0.3 is 10.5 Å². The third-order valence-corrected chi connectivity index (χ3v) is 2.31. The Morgan fingerprint density at radius 1 is 1.64 bits per heavy atom. The molecular formula is C8H15NO2. The fraction of sp³-hybridized carbons (Fsp3) is 0.875. The van der Waals surface area contributed by atoms with Crippen LogP contribution in [-0.4, -0.2) is 19.1 Å². The summed E-state index contributed by atoms with van der Waals surface area (Å²) in [5, 5.41) is 0. The zero-order chi connectivity index (χ0) is 8.27. The van der Waals surface area contributed by atoms with E-state index in [1.807, 2.05) is 6.92 Å². The molecule has 0 spiro atoms. The van der Waals surface area contributed by atoms with Gasteiger partial charge in [0.25, 0.3) is 0 Å². The molecule has 1 saturated carbocycles. The molecule has 11 heavy (non-hydrogen) atoms. The van der Waals surface area contributed by atoms with Crippen molar-refractivity contribution < 1.29 is 9.53 Å². The molecule has 0 saturated heterocycles. The third-order valence-electron chi connectivity index (χ3n) is 2.31. The highest BCUT2D eigenvalue weighted by Gasteiger charge is 2.36. The molecule has 2 atom stereocenters. The van der Waals surface area contributed by atoms with Crippen LogP contribution in [0.4, 0.5) is 0 Å². The minimum Gasteiger partial charge on any atom is -0.466 e. The minimum atomic E-state index is -0.0609. The molecule has 0 aliphatic heterocycles. The molecule has 0 amide bonds. The Morgan fingerprint density at radius 3 is 2.73 bits per heavy atom. The molecule has 0 aromatic heterocycles. The predicted molar refractivity (Wildman–Crippen MR) is 41.9 cm³/mol. The Bertz CT molecular complexity index is 145. The maximum absolute atomic E-state index is 11.1. The summed E-state index contributed by atoms with van der Waals surface area (Å²) in [5.74, 6) is 0.420. The van der Waals surface area contributed by atoms with Crippen LogP contribution in [0.5, 0.6) is 0 Å². The molecule has 3 nitrogen and oxygen atoms in total. The smallest absolute Gasteiger partial charge is 0.309 e. The van der Waals surface area contributed by atoms with Crippen molar-refractivity contribution in [2.75, 3.05) is 13.2 Å². The minimum absolute atomic E-state index is 0.0609. The van der Waals surface area contributed by atoms with Crippen molar-refractivity contribution in [1.29, 1.82) is 0 Å². The van der Waals surface area contributed by atoms with Crippen LogP contribution >= 0.6 is 0 Å². The summed E-state index contributed by atoms with van der Waals surface area (Å²) in [6.45, 7) is 2.92. The maximum Gasteiger partial charge on any atom is 0.309 e. The van der Waals surface area contributed by atoms with Crippen molar-refractivity contribution in [3.8, 4) is 0 Å². The fourth-order valence-corrected chi connectivity index (χ4v) is 1.41. The van der Waals surface area contributed by atoms with E-state index in [-0.39, 0.29) is 11.9 Å². The topological polar surface area (TPSA) is 52.3 Å². The molecule has 2 unspecified atom stereocenters. The van der Waals surface area contributed by atoms with E-state index in [0.717, 1.165) is 12.8 Å². The van der Waals surface area contributed by atoms with E-state index in [0.29, 0.717) is 19.1 Å². The van der Waals surface area contributed by atoms with Crippen molar-refractivity contribution in [3.63, 3.8) is 0 Å². The lowest BCUT2D eigenvalue weighted by molar-refractivity contribution is -0.153. The fourth-order valence-electron chi connectivity index (χ4n) is 1.41. The van der Waals surface area contributed by atoms with E-state index >= 15 is 0 Å². The Labute approximate surface area is 66.9 Å². The largest absolute Gasteiger partial charge is 0.466 e. The zero-order valence-electron chi connectivity index (χ0n) is 6.88. The second kappa shape index (κ2) is 3.72. The Kier molecular flexibility index (Phi) is 2.88. The maximum atomic E-state index is 11.1. The normalized spacial score (nSPS) is 29.3. The number of carbonyl (C=O) groups excluding carboxylic acids is 1. The highest BCUT2D eigenvalue weighted by molar-refractivity contribution is 5.73. The Hall–Kier alpha value is -0.570. The summed E-state index contributed by atoms with van der Waals surface area (Å²) >= 11 is 0. The van der Waals surface area contributed by atoms with E-state index in [1.165, 1.54) is 0 Å². The lowest BCUT2D eigenvalue weighted by Gasteiger charge is -2.33. The number of rotatable bonds is 3. The van der Waals surface area contributed by atoms with Crippen LogP contribution in [0.15, 0.2) is 0 Å². The average Bonchev–Trinajstić information content (AvgIpc) is 1.86. The van der Waals surface area contributed by atoms with Crippen molar-refractivity contribution >= 4 is 5.97 Å². The van der Waals surface area contributed by atoms with Crippen molar-refractivity contribution in [1.82, 2.24) is 0 Å². The predicted octanol–water partition coefficient (Wildman–Crippen LogP) is 0.534. The zero-order valence-corrected chi connectivity index (χ0v) is 6.88. The van der Waals surface area contributed by atoms with Crippen LogP contribution in [0, 0.1) is 11.8 Å². The van der Waals surface area contributed by atoms with Gasteiger partial charge in [0.15, 0.2) is 0 Å². The first-order valence-corrected chi connectivity index (χ1v) is 4.16. The van der Waals surface area contributed by atoms with Crippen LogP contribution in [0.2, 0.25) is 0 Å². The number of hydrogen-bond acceptors (Lipinski definition) is 3. The van der Waals surface area contributed by atoms with E-state index in [9.17, 15) is 4.79 Å².